The van der Waals surface area contributed by atoms with Gasteiger partial charge in [0.2, 0.25) is 0 Å². The lowest BCUT2D eigenvalue weighted by Crippen LogP contribution is -2.52. The lowest BCUT2D eigenvalue weighted by atomic mass is 10.00. The summed E-state index contributed by atoms with van der Waals surface area (Å²) >= 11 is 7.73. The second-order valence-electron chi connectivity index (χ2n) is 5.35. The highest BCUT2D eigenvalue weighted by Gasteiger charge is 2.34. The van der Waals surface area contributed by atoms with Gasteiger partial charge in [-0.3, -0.25) is 4.90 Å². The average molecular weight is 303 g/mol. The standard InChI is InChI=1S/C14H23ClN2OS/c1-4-11(16)14(12-5-6-13(15)19-12)17-7-10(3)18-8-9(17)2/h5-6,9-11,14H,4,7-8,16H2,1-3H3. The number of nitrogens with zero attached hydrogens (tertiary/aromatic N) is 1. The molecule has 1 aliphatic rings. The molecule has 3 nitrogen and oxygen atoms in total. The number of hydrogen-bond acceptors (Lipinski definition) is 4. The predicted octanol–water partition coefficient (Wildman–Crippen LogP) is 3.29. The second-order valence-corrected chi connectivity index (χ2v) is 7.10. The molecule has 2 heterocycles. The maximum atomic E-state index is 6.38. The molecule has 5 heteroatoms. The van der Waals surface area contributed by atoms with Crippen molar-refractivity contribution in [1.82, 2.24) is 4.90 Å². The molecule has 1 fully saturated rings. The molecule has 0 aromatic carbocycles. The first-order valence-electron chi connectivity index (χ1n) is 6.91. The third-order valence-electron chi connectivity index (χ3n) is 3.78. The fraction of sp³-hybridized carbons (Fsp3) is 0.714. The van der Waals surface area contributed by atoms with Crippen LogP contribution >= 0.6 is 22.9 Å². The molecule has 4 atom stereocenters. The van der Waals surface area contributed by atoms with Gasteiger partial charge in [0.25, 0.3) is 0 Å². The van der Waals surface area contributed by atoms with E-state index in [1.54, 1.807) is 11.3 Å². The number of thiophene rings is 1. The Hall–Kier alpha value is -0.130. The summed E-state index contributed by atoms with van der Waals surface area (Å²) in [4.78, 5) is 3.74. The van der Waals surface area contributed by atoms with Gasteiger partial charge in [-0.2, -0.15) is 0 Å². The van der Waals surface area contributed by atoms with Crippen molar-refractivity contribution in [3.8, 4) is 0 Å². The van der Waals surface area contributed by atoms with E-state index in [1.807, 2.05) is 6.07 Å². The molecule has 0 saturated carbocycles. The van der Waals surface area contributed by atoms with E-state index in [4.69, 9.17) is 22.1 Å². The molecule has 1 aromatic rings. The Balaban J connectivity index is 2.26. The largest absolute Gasteiger partial charge is 0.376 e. The highest BCUT2D eigenvalue weighted by molar-refractivity contribution is 7.16. The molecule has 0 amide bonds. The van der Waals surface area contributed by atoms with Gasteiger partial charge in [-0.1, -0.05) is 18.5 Å². The molecular weight excluding hydrogens is 280 g/mol. The van der Waals surface area contributed by atoms with Crippen molar-refractivity contribution in [3.05, 3.63) is 21.3 Å². The maximum absolute atomic E-state index is 6.38. The number of halogens is 1. The maximum Gasteiger partial charge on any atom is 0.0931 e. The normalized spacial score (nSPS) is 28.3. The van der Waals surface area contributed by atoms with Crippen LogP contribution in [0, 0.1) is 0 Å². The summed E-state index contributed by atoms with van der Waals surface area (Å²) in [5, 5.41) is 0. The summed E-state index contributed by atoms with van der Waals surface area (Å²) in [6, 6.07) is 4.83. The van der Waals surface area contributed by atoms with Crippen LogP contribution in [-0.2, 0) is 4.74 Å². The molecule has 19 heavy (non-hydrogen) atoms. The molecule has 108 valence electrons. The lowest BCUT2D eigenvalue weighted by Gasteiger charge is -2.43. The van der Waals surface area contributed by atoms with Crippen LogP contribution in [0.5, 0.6) is 0 Å². The van der Waals surface area contributed by atoms with Crippen LogP contribution in [0.4, 0.5) is 0 Å². The van der Waals surface area contributed by atoms with E-state index < -0.39 is 0 Å². The fourth-order valence-electron chi connectivity index (χ4n) is 2.65. The highest BCUT2D eigenvalue weighted by atomic mass is 35.5. The highest BCUT2D eigenvalue weighted by Crippen LogP contribution is 2.35. The molecular formula is C14H23ClN2OS. The Kier molecular flexibility index (Phi) is 5.26. The van der Waals surface area contributed by atoms with Gasteiger partial charge in [0.15, 0.2) is 0 Å². The van der Waals surface area contributed by atoms with Gasteiger partial charge in [0.05, 0.1) is 23.1 Å². The molecule has 2 rings (SSSR count). The summed E-state index contributed by atoms with van der Waals surface area (Å²) in [6.45, 7) is 8.16. The van der Waals surface area contributed by atoms with Crippen molar-refractivity contribution < 1.29 is 4.74 Å². The van der Waals surface area contributed by atoms with Crippen LogP contribution in [0.3, 0.4) is 0 Å². The Morgan fingerprint density at radius 3 is 2.84 bits per heavy atom. The van der Waals surface area contributed by atoms with E-state index >= 15 is 0 Å². The van der Waals surface area contributed by atoms with Crippen LogP contribution < -0.4 is 5.73 Å². The molecule has 0 radical (unpaired) electrons. The van der Waals surface area contributed by atoms with Gasteiger partial charge in [-0.05, 0) is 32.4 Å². The van der Waals surface area contributed by atoms with E-state index in [9.17, 15) is 0 Å². The van der Waals surface area contributed by atoms with Crippen molar-refractivity contribution in [2.75, 3.05) is 13.2 Å². The lowest BCUT2D eigenvalue weighted by molar-refractivity contribution is -0.0701. The topological polar surface area (TPSA) is 38.5 Å². The van der Waals surface area contributed by atoms with Gasteiger partial charge in [-0.25, -0.2) is 0 Å². The van der Waals surface area contributed by atoms with Gasteiger partial charge in [0.1, 0.15) is 0 Å². The zero-order chi connectivity index (χ0) is 14.0. The minimum atomic E-state index is 0.127. The fourth-order valence-corrected chi connectivity index (χ4v) is 3.91. The summed E-state index contributed by atoms with van der Waals surface area (Å²) < 4.78 is 6.55. The zero-order valence-corrected chi connectivity index (χ0v) is 13.4. The SMILES string of the molecule is CCC(N)C(c1ccc(Cl)s1)N1CC(C)OCC1C. The summed E-state index contributed by atoms with van der Waals surface area (Å²) in [7, 11) is 0. The summed E-state index contributed by atoms with van der Waals surface area (Å²) in [5.41, 5.74) is 6.38. The van der Waals surface area contributed by atoms with Crippen molar-refractivity contribution in [1.29, 1.82) is 0 Å². The number of nitrogens with two attached hydrogens (primary N) is 1. The van der Waals surface area contributed by atoms with Crippen LogP contribution in [0.1, 0.15) is 38.1 Å². The molecule has 1 aromatic heterocycles. The third kappa shape index (κ3) is 3.50. The van der Waals surface area contributed by atoms with Gasteiger partial charge < -0.3 is 10.5 Å². The number of rotatable bonds is 4. The van der Waals surface area contributed by atoms with Crippen molar-refractivity contribution in [3.63, 3.8) is 0 Å². The van der Waals surface area contributed by atoms with E-state index in [2.05, 4.69) is 31.7 Å². The molecule has 1 saturated heterocycles. The van der Waals surface area contributed by atoms with E-state index in [-0.39, 0.29) is 18.2 Å². The van der Waals surface area contributed by atoms with Crippen molar-refractivity contribution >= 4 is 22.9 Å². The number of ether oxygens (including phenoxy) is 1. The quantitative estimate of drug-likeness (QED) is 0.927. The molecule has 0 spiro atoms. The first-order valence-corrected chi connectivity index (χ1v) is 8.10. The Labute approximate surface area is 124 Å². The second kappa shape index (κ2) is 6.55. The van der Waals surface area contributed by atoms with E-state index in [1.165, 1.54) is 4.88 Å². The predicted molar refractivity (Wildman–Crippen MR) is 81.9 cm³/mol. The van der Waals surface area contributed by atoms with Gasteiger partial charge in [-0.15, -0.1) is 11.3 Å². The monoisotopic (exact) mass is 302 g/mol. The van der Waals surface area contributed by atoms with Crippen LogP contribution in [0.25, 0.3) is 0 Å². The Morgan fingerprint density at radius 1 is 1.53 bits per heavy atom. The van der Waals surface area contributed by atoms with E-state index in [0.717, 1.165) is 23.9 Å². The van der Waals surface area contributed by atoms with Crippen LogP contribution in [0.2, 0.25) is 4.34 Å². The Morgan fingerprint density at radius 2 is 2.26 bits per heavy atom. The minimum absolute atomic E-state index is 0.127. The number of hydrogen-bond donors (Lipinski definition) is 1. The van der Waals surface area contributed by atoms with Crippen LogP contribution in [0.15, 0.2) is 12.1 Å². The first kappa shape index (κ1) is 15.3. The van der Waals surface area contributed by atoms with Crippen LogP contribution in [-0.4, -0.2) is 36.2 Å². The minimum Gasteiger partial charge on any atom is -0.376 e. The summed E-state index contributed by atoms with van der Waals surface area (Å²) in [5.74, 6) is 0. The zero-order valence-electron chi connectivity index (χ0n) is 11.8. The van der Waals surface area contributed by atoms with Crippen molar-refractivity contribution in [2.24, 2.45) is 5.73 Å². The average Bonchev–Trinajstić information content (AvgIpc) is 2.80. The van der Waals surface area contributed by atoms with Crippen molar-refractivity contribution in [2.45, 2.75) is 51.4 Å². The molecule has 4 unspecified atom stereocenters. The smallest absolute Gasteiger partial charge is 0.0931 e. The molecule has 1 aliphatic heterocycles. The van der Waals surface area contributed by atoms with E-state index in [0.29, 0.717) is 6.04 Å². The van der Waals surface area contributed by atoms with Gasteiger partial charge >= 0.3 is 0 Å². The Bertz CT molecular complexity index is 412. The first-order chi connectivity index (χ1) is 9.02. The molecule has 0 aliphatic carbocycles. The molecule has 2 N–H and O–H groups in total. The molecule has 0 bridgehead atoms. The number of morpholine rings is 1. The van der Waals surface area contributed by atoms with Gasteiger partial charge in [0, 0.05) is 23.5 Å². The third-order valence-corrected chi connectivity index (χ3v) is 5.08. The summed E-state index contributed by atoms with van der Waals surface area (Å²) in [6.07, 6.45) is 1.22.